The first-order chi connectivity index (χ1) is 10.9. The molecule has 136 valence electrons. The van der Waals surface area contributed by atoms with Gasteiger partial charge >= 0.3 is 0 Å². The van der Waals surface area contributed by atoms with Gasteiger partial charge in [0, 0.05) is 9.64 Å². The molecule has 0 amide bonds. The van der Waals surface area contributed by atoms with Crippen molar-refractivity contribution in [1.29, 1.82) is 0 Å². The van der Waals surface area contributed by atoms with Gasteiger partial charge in [0.1, 0.15) is 0 Å². The topological polar surface area (TPSA) is 0 Å². The highest BCUT2D eigenvalue weighted by Gasteiger charge is 2.49. The van der Waals surface area contributed by atoms with Crippen LogP contribution in [0.3, 0.4) is 0 Å². The van der Waals surface area contributed by atoms with E-state index in [1.807, 2.05) is 0 Å². The predicted molar refractivity (Wildman–Crippen MR) is 110 cm³/mol. The Morgan fingerprint density at radius 1 is 0.583 bits per heavy atom. The molecule has 0 spiro atoms. The van der Waals surface area contributed by atoms with Gasteiger partial charge in [-0.1, -0.05) is 34.6 Å². The number of thioether (sulfide) groups is 1. The predicted octanol–water partition coefficient (Wildman–Crippen LogP) is 7.27. The highest BCUT2D eigenvalue weighted by molar-refractivity contribution is 8.00. The molecule has 2 rings (SSSR count). The maximum Gasteiger partial charge on any atom is 0.0235 e. The second-order valence-corrected chi connectivity index (χ2v) is 10.4. The van der Waals surface area contributed by atoms with Crippen molar-refractivity contribution >= 4 is 11.8 Å². The lowest BCUT2D eigenvalue weighted by molar-refractivity contribution is 0.0511. The molecule has 1 aromatic rings. The van der Waals surface area contributed by atoms with E-state index in [2.05, 4.69) is 87.9 Å². The van der Waals surface area contributed by atoms with E-state index in [0.717, 1.165) is 29.6 Å². The Balaban J connectivity index is 2.54. The van der Waals surface area contributed by atoms with Crippen LogP contribution < -0.4 is 0 Å². The van der Waals surface area contributed by atoms with E-state index in [1.54, 1.807) is 4.90 Å². The maximum atomic E-state index is 2.54. The Hall–Kier alpha value is -0.430. The van der Waals surface area contributed by atoms with Crippen LogP contribution in [0, 0.1) is 64.2 Å². The summed E-state index contributed by atoms with van der Waals surface area (Å²) < 4.78 is 0.301. The second-order valence-electron chi connectivity index (χ2n) is 8.89. The summed E-state index contributed by atoms with van der Waals surface area (Å²) in [4.78, 5) is 1.55. The van der Waals surface area contributed by atoms with Crippen molar-refractivity contribution in [2.24, 2.45) is 29.6 Å². The average Bonchev–Trinajstić information content (AvgIpc) is 2.57. The SMILES string of the molecule is Cc1c(C)c(C)c(SC2(C)C(C)C(C)C(C)C(C)C2C)c(C)c1C. The highest BCUT2D eigenvalue weighted by Crippen LogP contribution is 2.57. The van der Waals surface area contributed by atoms with Crippen molar-refractivity contribution in [3.05, 3.63) is 27.8 Å². The number of hydrogen-bond donors (Lipinski definition) is 0. The monoisotopic (exact) mass is 346 g/mol. The minimum atomic E-state index is 0.301. The molecule has 24 heavy (non-hydrogen) atoms. The molecule has 0 nitrogen and oxygen atoms in total. The van der Waals surface area contributed by atoms with Gasteiger partial charge in [-0.2, -0.15) is 0 Å². The van der Waals surface area contributed by atoms with E-state index < -0.39 is 0 Å². The van der Waals surface area contributed by atoms with Gasteiger partial charge in [-0.3, -0.25) is 0 Å². The molecule has 1 aliphatic rings. The summed E-state index contributed by atoms with van der Waals surface area (Å²) in [5.41, 5.74) is 7.43. The summed E-state index contributed by atoms with van der Waals surface area (Å²) >= 11 is 2.18. The van der Waals surface area contributed by atoms with E-state index in [9.17, 15) is 0 Å². The summed E-state index contributed by atoms with van der Waals surface area (Å²) in [6.45, 7) is 26.5. The Kier molecular flexibility index (Phi) is 5.56. The van der Waals surface area contributed by atoms with Crippen LogP contribution >= 0.6 is 11.8 Å². The molecular weight excluding hydrogens is 308 g/mol. The van der Waals surface area contributed by atoms with Crippen LogP contribution in [0.4, 0.5) is 0 Å². The normalized spacial score (nSPS) is 36.9. The highest BCUT2D eigenvalue weighted by atomic mass is 32.2. The molecule has 4 unspecified atom stereocenters. The van der Waals surface area contributed by atoms with Crippen molar-refractivity contribution in [2.45, 2.75) is 85.8 Å². The van der Waals surface area contributed by atoms with Crippen molar-refractivity contribution in [2.75, 3.05) is 0 Å². The Morgan fingerprint density at radius 3 is 1.29 bits per heavy atom. The number of hydrogen-bond acceptors (Lipinski definition) is 1. The molecule has 1 aromatic carbocycles. The molecule has 0 saturated heterocycles. The molecule has 1 heteroatoms. The molecular formula is C23H38S. The molecule has 0 bridgehead atoms. The molecule has 0 N–H and O–H groups in total. The first-order valence-corrected chi connectivity index (χ1v) is 10.5. The van der Waals surface area contributed by atoms with Crippen LogP contribution in [-0.2, 0) is 0 Å². The lowest BCUT2D eigenvalue weighted by atomic mass is 9.59. The number of rotatable bonds is 2. The van der Waals surface area contributed by atoms with Gasteiger partial charge < -0.3 is 0 Å². The average molecular weight is 347 g/mol. The van der Waals surface area contributed by atoms with Gasteiger partial charge in [-0.05, 0) is 98.9 Å². The van der Waals surface area contributed by atoms with Gasteiger partial charge in [0.15, 0.2) is 0 Å². The van der Waals surface area contributed by atoms with Crippen molar-refractivity contribution in [3.8, 4) is 0 Å². The molecule has 0 heterocycles. The van der Waals surface area contributed by atoms with Gasteiger partial charge in [0.2, 0.25) is 0 Å². The zero-order valence-electron chi connectivity index (χ0n) is 17.8. The standard InChI is InChI=1S/C23H38S/c1-12-13(2)18(7)22(19(8)14(12)3)24-23(11)20(9)16(5)15(4)17(6)21(23)10/h15-17,20-21H,1-11H3. The van der Waals surface area contributed by atoms with Gasteiger partial charge in [0.05, 0.1) is 0 Å². The first-order valence-electron chi connectivity index (χ1n) is 9.71. The minimum Gasteiger partial charge on any atom is -0.118 e. The summed E-state index contributed by atoms with van der Waals surface area (Å²) in [5, 5.41) is 0. The third kappa shape index (κ3) is 2.85. The molecule has 1 fully saturated rings. The molecule has 1 saturated carbocycles. The fraction of sp³-hybridized carbons (Fsp3) is 0.739. The van der Waals surface area contributed by atoms with Gasteiger partial charge in [0.25, 0.3) is 0 Å². The molecule has 0 radical (unpaired) electrons. The molecule has 4 atom stereocenters. The fourth-order valence-electron chi connectivity index (χ4n) is 4.87. The fourth-order valence-corrected chi connectivity index (χ4v) is 6.73. The number of benzene rings is 1. The van der Waals surface area contributed by atoms with Crippen LogP contribution in [0.2, 0.25) is 0 Å². The van der Waals surface area contributed by atoms with E-state index in [-0.39, 0.29) is 0 Å². The molecule has 0 aromatic heterocycles. The van der Waals surface area contributed by atoms with Crippen molar-refractivity contribution in [1.82, 2.24) is 0 Å². The third-order valence-electron chi connectivity index (χ3n) is 8.30. The third-order valence-corrected chi connectivity index (χ3v) is 10.3. The summed E-state index contributed by atoms with van der Waals surface area (Å²) in [6, 6.07) is 0. The largest absolute Gasteiger partial charge is 0.118 e. The van der Waals surface area contributed by atoms with Crippen LogP contribution in [-0.4, -0.2) is 4.75 Å². The smallest absolute Gasteiger partial charge is 0.0235 e. The van der Waals surface area contributed by atoms with Gasteiger partial charge in [-0.25, -0.2) is 0 Å². The lowest BCUT2D eigenvalue weighted by Crippen LogP contribution is -2.51. The van der Waals surface area contributed by atoms with Crippen LogP contribution in [0.5, 0.6) is 0 Å². The van der Waals surface area contributed by atoms with Crippen LogP contribution in [0.1, 0.15) is 69.4 Å². The minimum absolute atomic E-state index is 0.301. The Morgan fingerprint density at radius 2 is 0.917 bits per heavy atom. The van der Waals surface area contributed by atoms with Crippen LogP contribution in [0.15, 0.2) is 4.90 Å². The van der Waals surface area contributed by atoms with Crippen molar-refractivity contribution < 1.29 is 0 Å². The zero-order chi connectivity index (χ0) is 18.6. The van der Waals surface area contributed by atoms with E-state index in [1.165, 1.54) is 27.8 Å². The van der Waals surface area contributed by atoms with E-state index >= 15 is 0 Å². The molecule has 0 aliphatic heterocycles. The quantitative estimate of drug-likeness (QED) is 0.542. The molecule has 1 aliphatic carbocycles. The van der Waals surface area contributed by atoms with E-state index in [4.69, 9.17) is 0 Å². The lowest BCUT2D eigenvalue weighted by Gasteiger charge is -2.54. The maximum absolute atomic E-state index is 2.54. The van der Waals surface area contributed by atoms with Crippen LogP contribution in [0.25, 0.3) is 0 Å². The Bertz CT molecular complexity index is 582. The summed E-state index contributed by atoms with van der Waals surface area (Å²) in [7, 11) is 0. The summed E-state index contributed by atoms with van der Waals surface area (Å²) in [6.07, 6.45) is 0. The Labute approximate surface area is 155 Å². The van der Waals surface area contributed by atoms with Gasteiger partial charge in [-0.15, -0.1) is 11.8 Å². The first kappa shape index (κ1) is 19.9. The summed E-state index contributed by atoms with van der Waals surface area (Å²) in [5.74, 6) is 3.82. The van der Waals surface area contributed by atoms with E-state index in [0.29, 0.717) is 4.75 Å². The second kappa shape index (κ2) is 6.71. The van der Waals surface area contributed by atoms with Crippen molar-refractivity contribution in [3.63, 3.8) is 0 Å². The zero-order valence-corrected chi connectivity index (χ0v) is 18.6.